The molecular weight excluding hydrogens is 164 g/mol. The maximum absolute atomic E-state index is 11.7. The summed E-state index contributed by atoms with van der Waals surface area (Å²) in [6.45, 7) is 4.18. The smallest absolute Gasteiger partial charge is 0.196 e. The van der Waals surface area contributed by atoms with Gasteiger partial charge in [0, 0.05) is 0 Å². The second kappa shape index (κ2) is 2.96. The molecule has 1 atom stereocenters. The minimum atomic E-state index is -0.564. The van der Waals surface area contributed by atoms with E-state index in [1.807, 2.05) is 24.3 Å². The molecule has 0 aromatic carbocycles. The van der Waals surface area contributed by atoms with Crippen molar-refractivity contribution in [2.75, 3.05) is 6.61 Å². The van der Waals surface area contributed by atoms with E-state index in [4.69, 9.17) is 4.74 Å². The standard InChI is InChI=1S/C11H12O2/c1-2-3-5-9-6-4-7-11(8-13-11)10(9)12/h2,4,6-7H,1,3,5,8H2. The summed E-state index contributed by atoms with van der Waals surface area (Å²) in [6, 6.07) is 0. The molecule has 0 saturated carbocycles. The van der Waals surface area contributed by atoms with Gasteiger partial charge in [0.1, 0.15) is 0 Å². The van der Waals surface area contributed by atoms with Crippen molar-refractivity contribution in [2.45, 2.75) is 18.4 Å². The Kier molecular flexibility index (Phi) is 1.93. The summed E-state index contributed by atoms with van der Waals surface area (Å²) in [6.07, 6.45) is 9.07. The van der Waals surface area contributed by atoms with Crippen LogP contribution in [-0.4, -0.2) is 18.0 Å². The number of hydrogen-bond donors (Lipinski definition) is 0. The number of carbonyl (C=O) groups is 1. The van der Waals surface area contributed by atoms with Gasteiger partial charge in [-0.3, -0.25) is 4.79 Å². The molecule has 1 spiro atoms. The maximum atomic E-state index is 11.7. The molecule has 0 aromatic heterocycles. The molecule has 2 rings (SSSR count). The van der Waals surface area contributed by atoms with Crippen molar-refractivity contribution in [3.8, 4) is 0 Å². The lowest BCUT2D eigenvalue weighted by molar-refractivity contribution is -0.119. The van der Waals surface area contributed by atoms with Crippen LogP contribution < -0.4 is 0 Å². The van der Waals surface area contributed by atoms with Gasteiger partial charge in [0.15, 0.2) is 11.4 Å². The Morgan fingerprint density at radius 2 is 2.46 bits per heavy atom. The van der Waals surface area contributed by atoms with E-state index in [-0.39, 0.29) is 5.78 Å². The molecule has 68 valence electrons. The molecule has 0 amide bonds. The Labute approximate surface area is 77.6 Å². The normalized spacial score (nSPS) is 30.5. The van der Waals surface area contributed by atoms with Crippen LogP contribution >= 0.6 is 0 Å². The van der Waals surface area contributed by atoms with Crippen LogP contribution in [0, 0.1) is 0 Å². The molecule has 1 fully saturated rings. The fourth-order valence-corrected chi connectivity index (χ4v) is 1.50. The van der Waals surface area contributed by atoms with Crippen LogP contribution in [0.1, 0.15) is 12.8 Å². The summed E-state index contributed by atoms with van der Waals surface area (Å²) < 4.78 is 5.16. The van der Waals surface area contributed by atoms with Gasteiger partial charge in [-0.1, -0.05) is 18.2 Å². The molecule has 1 unspecified atom stereocenters. The van der Waals surface area contributed by atoms with Crippen molar-refractivity contribution in [3.63, 3.8) is 0 Å². The van der Waals surface area contributed by atoms with E-state index in [1.54, 1.807) is 0 Å². The molecule has 1 aliphatic heterocycles. The number of hydrogen-bond acceptors (Lipinski definition) is 2. The number of epoxide rings is 1. The van der Waals surface area contributed by atoms with Crippen molar-refractivity contribution >= 4 is 5.78 Å². The molecule has 2 nitrogen and oxygen atoms in total. The van der Waals surface area contributed by atoms with Crippen molar-refractivity contribution in [2.24, 2.45) is 0 Å². The van der Waals surface area contributed by atoms with Crippen molar-refractivity contribution in [3.05, 3.63) is 36.5 Å². The average Bonchev–Trinajstić information content (AvgIpc) is 2.90. The molecule has 2 aliphatic rings. The molecule has 1 heterocycles. The van der Waals surface area contributed by atoms with Gasteiger partial charge >= 0.3 is 0 Å². The number of allylic oxidation sites excluding steroid dienone is 3. The van der Waals surface area contributed by atoms with Crippen molar-refractivity contribution < 1.29 is 9.53 Å². The van der Waals surface area contributed by atoms with Crippen LogP contribution in [0.3, 0.4) is 0 Å². The van der Waals surface area contributed by atoms with Gasteiger partial charge in [-0.05, 0) is 24.5 Å². The summed E-state index contributed by atoms with van der Waals surface area (Å²) >= 11 is 0. The van der Waals surface area contributed by atoms with Crippen molar-refractivity contribution in [1.82, 2.24) is 0 Å². The topological polar surface area (TPSA) is 29.6 Å². The zero-order chi connectivity index (χ0) is 9.31. The summed E-state index contributed by atoms with van der Waals surface area (Å²) in [5.41, 5.74) is 0.297. The van der Waals surface area contributed by atoms with Crippen LogP contribution in [0.15, 0.2) is 36.5 Å². The summed E-state index contributed by atoms with van der Waals surface area (Å²) in [5.74, 6) is 0.136. The summed E-state index contributed by atoms with van der Waals surface area (Å²) in [4.78, 5) is 11.7. The number of ether oxygens (including phenoxy) is 1. The number of carbonyl (C=O) groups excluding carboxylic acids is 1. The van der Waals surface area contributed by atoms with E-state index < -0.39 is 5.60 Å². The highest BCUT2D eigenvalue weighted by atomic mass is 16.6. The predicted molar refractivity (Wildman–Crippen MR) is 50.3 cm³/mol. The summed E-state index contributed by atoms with van der Waals surface area (Å²) in [7, 11) is 0. The monoisotopic (exact) mass is 176 g/mol. The van der Waals surface area contributed by atoms with E-state index in [1.165, 1.54) is 0 Å². The first-order chi connectivity index (χ1) is 6.28. The highest BCUT2D eigenvalue weighted by Crippen LogP contribution is 2.35. The lowest BCUT2D eigenvalue weighted by Crippen LogP contribution is -2.25. The first-order valence-corrected chi connectivity index (χ1v) is 4.46. The van der Waals surface area contributed by atoms with E-state index in [0.29, 0.717) is 6.61 Å². The molecule has 0 radical (unpaired) electrons. The predicted octanol–water partition coefficient (Wildman–Crippen LogP) is 1.79. The van der Waals surface area contributed by atoms with Gasteiger partial charge in [-0.25, -0.2) is 0 Å². The number of rotatable bonds is 3. The molecule has 1 aliphatic carbocycles. The minimum Gasteiger partial charge on any atom is -0.356 e. The maximum Gasteiger partial charge on any atom is 0.196 e. The third-order valence-corrected chi connectivity index (χ3v) is 2.41. The Morgan fingerprint density at radius 1 is 1.69 bits per heavy atom. The molecule has 1 saturated heterocycles. The number of Topliss-reactive ketones (excluding diaryl/α,β-unsaturated/α-hetero) is 1. The van der Waals surface area contributed by atoms with Crippen LogP contribution in [0.5, 0.6) is 0 Å². The minimum absolute atomic E-state index is 0.136. The van der Waals surface area contributed by atoms with E-state index in [0.717, 1.165) is 18.4 Å². The molecule has 0 bridgehead atoms. The SMILES string of the molecule is C=CCCC1=CC=CC2(CO2)C1=O. The van der Waals surface area contributed by atoms with E-state index in [2.05, 4.69) is 6.58 Å². The van der Waals surface area contributed by atoms with Crippen LogP contribution in [0.2, 0.25) is 0 Å². The largest absolute Gasteiger partial charge is 0.356 e. The Balaban J connectivity index is 2.10. The lowest BCUT2D eigenvalue weighted by Gasteiger charge is -2.12. The van der Waals surface area contributed by atoms with Crippen LogP contribution in [0.25, 0.3) is 0 Å². The van der Waals surface area contributed by atoms with Gasteiger partial charge < -0.3 is 4.74 Å². The fourth-order valence-electron chi connectivity index (χ4n) is 1.50. The second-order valence-electron chi connectivity index (χ2n) is 3.39. The van der Waals surface area contributed by atoms with Gasteiger partial charge in [-0.2, -0.15) is 0 Å². The molecule has 2 heteroatoms. The Hall–Kier alpha value is -1.15. The number of ketones is 1. The van der Waals surface area contributed by atoms with Gasteiger partial charge in [0.2, 0.25) is 0 Å². The highest BCUT2D eigenvalue weighted by molar-refractivity contribution is 6.06. The Morgan fingerprint density at radius 3 is 3.08 bits per heavy atom. The zero-order valence-electron chi connectivity index (χ0n) is 7.45. The molecule has 0 N–H and O–H groups in total. The van der Waals surface area contributed by atoms with Gasteiger partial charge in [0.25, 0.3) is 0 Å². The summed E-state index contributed by atoms with van der Waals surface area (Å²) in [5, 5.41) is 0. The second-order valence-corrected chi connectivity index (χ2v) is 3.39. The third kappa shape index (κ3) is 1.38. The third-order valence-electron chi connectivity index (χ3n) is 2.41. The van der Waals surface area contributed by atoms with Gasteiger partial charge in [-0.15, -0.1) is 6.58 Å². The lowest BCUT2D eigenvalue weighted by atomic mass is 9.90. The fraction of sp³-hybridized carbons (Fsp3) is 0.364. The zero-order valence-corrected chi connectivity index (χ0v) is 7.45. The first-order valence-electron chi connectivity index (χ1n) is 4.46. The molecule has 0 aromatic rings. The van der Waals surface area contributed by atoms with E-state index in [9.17, 15) is 4.79 Å². The van der Waals surface area contributed by atoms with Gasteiger partial charge in [0.05, 0.1) is 6.61 Å². The molecule has 13 heavy (non-hydrogen) atoms. The average molecular weight is 176 g/mol. The van der Waals surface area contributed by atoms with E-state index >= 15 is 0 Å². The molecular formula is C11H12O2. The highest BCUT2D eigenvalue weighted by Gasteiger charge is 2.51. The van der Waals surface area contributed by atoms with Crippen LogP contribution in [0.4, 0.5) is 0 Å². The quantitative estimate of drug-likeness (QED) is 0.484. The van der Waals surface area contributed by atoms with Crippen LogP contribution in [-0.2, 0) is 9.53 Å². The Bertz CT molecular complexity index is 306. The van der Waals surface area contributed by atoms with Crippen molar-refractivity contribution in [1.29, 1.82) is 0 Å². The first kappa shape index (κ1) is 8.45.